The molecule has 19 heavy (non-hydrogen) atoms. The average Bonchev–Trinajstić information content (AvgIpc) is 3.05. The summed E-state index contributed by atoms with van der Waals surface area (Å²) in [5.74, 6) is 0.120. The van der Waals surface area contributed by atoms with Gasteiger partial charge in [0.25, 0.3) is 5.91 Å². The Kier molecular flexibility index (Phi) is 3.84. The van der Waals surface area contributed by atoms with Crippen molar-refractivity contribution in [3.63, 3.8) is 0 Å². The minimum atomic E-state index is 0.120. The number of fused-ring (bicyclic) bond motifs is 2. The molecular formula is C14H21N3OS. The van der Waals surface area contributed by atoms with Gasteiger partial charge in [0, 0.05) is 30.1 Å². The molecule has 3 heterocycles. The molecule has 0 saturated carbocycles. The van der Waals surface area contributed by atoms with Crippen LogP contribution >= 0.6 is 11.3 Å². The zero-order chi connectivity index (χ0) is 13.2. The molecule has 0 aromatic carbocycles. The Morgan fingerprint density at radius 2 is 2.21 bits per heavy atom. The molecule has 1 aromatic heterocycles. The summed E-state index contributed by atoms with van der Waals surface area (Å²) >= 11 is 1.49. The summed E-state index contributed by atoms with van der Waals surface area (Å²) in [4.78, 5) is 18.8. The smallest absolute Gasteiger partial charge is 0.273 e. The fourth-order valence-electron chi connectivity index (χ4n) is 3.44. The Bertz CT molecular complexity index is 422. The molecule has 2 saturated heterocycles. The Balaban J connectivity index is 1.75. The predicted molar refractivity (Wildman–Crippen MR) is 76.4 cm³/mol. The van der Waals surface area contributed by atoms with Crippen molar-refractivity contribution in [2.75, 3.05) is 6.54 Å². The molecule has 2 atom stereocenters. The summed E-state index contributed by atoms with van der Waals surface area (Å²) < 4.78 is 0. The van der Waals surface area contributed by atoms with Crippen LogP contribution in [0.4, 0.5) is 0 Å². The second-order valence-electron chi connectivity index (χ2n) is 5.64. The predicted octanol–water partition coefficient (Wildman–Crippen LogP) is 2.28. The van der Waals surface area contributed by atoms with E-state index in [2.05, 4.69) is 22.1 Å². The maximum absolute atomic E-state index is 12.6. The molecule has 2 aliphatic rings. The van der Waals surface area contributed by atoms with Crippen molar-refractivity contribution >= 4 is 17.2 Å². The van der Waals surface area contributed by atoms with E-state index >= 15 is 0 Å². The summed E-state index contributed by atoms with van der Waals surface area (Å²) in [6, 6.07) is 1.63. The van der Waals surface area contributed by atoms with Gasteiger partial charge in [-0.25, -0.2) is 4.98 Å². The number of nitrogens with one attached hydrogen (secondary N) is 1. The van der Waals surface area contributed by atoms with Crippen molar-refractivity contribution < 1.29 is 4.79 Å². The molecule has 0 aliphatic carbocycles. The molecule has 1 amide bonds. The first-order valence-electron chi connectivity index (χ1n) is 7.23. The SMILES string of the molecule is CCCN(C(=O)c1cscn1)C1CC2CCC(C1)N2. The number of carbonyl (C=O) groups excluding carboxylic acids is 1. The van der Waals surface area contributed by atoms with E-state index < -0.39 is 0 Å². The monoisotopic (exact) mass is 279 g/mol. The van der Waals surface area contributed by atoms with Gasteiger partial charge in [0.15, 0.2) is 0 Å². The zero-order valence-corrected chi connectivity index (χ0v) is 12.2. The summed E-state index contributed by atoms with van der Waals surface area (Å²) in [5.41, 5.74) is 2.35. The molecule has 0 spiro atoms. The van der Waals surface area contributed by atoms with Crippen LogP contribution in [-0.4, -0.2) is 40.5 Å². The van der Waals surface area contributed by atoms with Gasteiger partial charge in [-0.1, -0.05) is 6.92 Å². The Labute approximate surface area is 118 Å². The molecule has 5 heteroatoms. The van der Waals surface area contributed by atoms with Crippen LogP contribution in [0.15, 0.2) is 10.9 Å². The van der Waals surface area contributed by atoms with Crippen molar-refractivity contribution in [1.82, 2.24) is 15.2 Å². The molecule has 2 bridgehead atoms. The van der Waals surface area contributed by atoms with E-state index in [0.717, 1.165) is 25.8 Å². The van der Waals surface area contributed by atoms with E-state index in [9.17, 15) is 4.79 Å². The van der Waals surface area contributed by atoms with Crippen LogP contribution in [0.5, 0.6) is 0 Å². The standard InChI is InChI=1S/C14H21N3OS/c1-2-5-17(14(18)13-8-19-9-15-13)12-6-10-3-4-11(7-12)16-10/h8-12,16H,2-7H2,1H3. The first-order valence-corrected chi connectivity index (χ1v) is 8.17. The van der Waals surface area contributed by atoms with Gasteiger partial charge in [0.1, 0.15) is 5.69 Å². The summed E-state index contributed by atoms with van der Waals surface area (Å²) in [7, 11) is 0. The van der Waals surface area contributed by atoms with Gasteiger partial charge in [-0.2, -0.15) is 0 Å². The van der Waals surface area contributed by atoms with Crippen LogP contribution < -0.4 is 5.32 Å². The number of nitrogens with zero attached hydrogens (tertiary/aromatic N) is 2. The number of carbonyl (C=O) groups is 1. The van der Waals surface area contributed by atoms with Crippen LogP contribution in [0.1, 0.15) is 49.5 Å². The van der Waals surface area contributed by atoms with Crippen molar-refractivity contribution in [2.24, 2.45) is 0 Å². The minimum absolute atomic E-state index is 0.120. The zero-order valence-electron chi connectivity index (χ0n) is 11.3. The van der Waals surface area contributed by atoms with Gasteiger partial charge >= 0.3 is 0 Å². The molecule has 0 radical (unpaired) electrons. The third-order valence-electron chi connectivity index (χ3n) is 4.27. The van der Waals surface area contributed by atoms with E-state index in [1.54, 1.807) is 5.51 Å². The van der Waals surface area contributed by atoms with Crippen molar-refractivity contribution in [3.05, 3.63) is 16.6 Å². The Morgan fingerprint density at radius 3 is 2.79 bits per heavy atom. The molecule has 2 aliphatic heterocycles. The third-order valence-corrected chi connectivity index (χ3v) is 4.85. The van der Waals surface area contributed by atoms with Crippen LogP contribution in [-0.2, 0) is 0 Å². The number of hydrogen-bond donors (Lipinski definition) is 1. The maximum Gasteiger partial charge on any atom is 0.273 e. The highest BCUT2D eigenvalue weighted by Gasteiger charge is 2.37. The van der Waals surface area contributed by atoms with Gasteiger partial charge < -0.3 is 10.2 Å². The fourth-order valence-corrected chi connectivity index (χ4v) is 3.96. The number of hydrogen-bond acceptors (Lipinski definition) is 4. The lowest BCUT2D eigenvalue weighted by Gasteiger charge is -2.37. The molecule has 4 nitrogen and oxygen atoms in total. The van der Waals surface area contributed by atoms with Gasteiger partial charge in [0.2, 0.25) is 0 Å². The molecule has 3 rings (SSSR count). The van der Waals surface area contributed by atoms with Gasteiger partial charge in [-0.05, 0) is 32.1 Å². The molecule has 2 unspecified atom stereocenters. The largest absolute Gasteiger partial charge is 0.334 e. The highest BCUT2D eigenvalue weighted by atomic mass is 32.1. The molecular weight excluding hydrogens is 258 g/mol. The van der Waals surface area contributed by atoms with E-state index in [1.807, 2.05) is 5.38 Å². The number of rotatable bonds is 4. The number of amides is 1. The number of piperidine rings is 1. The van der Waals surface area contributed by atoms with Crippen LogP contribution in [0.25, 0.3) is 0 Å². The van der Waals surface area contributed by atoms with Gasteiger partial charge in [-0.3, -0.25) is 4.79 Å². The van der Waals surface area contributed by atoms with Gasteiger partial charge in [0.05, 0.1) is 5.51 Å². The van der Waals surface area contributed by atoms with E-state index in [4.69, 9.17) is 0 Å². The topological polar surface area (TPSA) is 45.2 Å². The molecule has 104 valence electrons. The quantitative estimate of drug-likeness (QED) is 0.919. The van der Waals surface area contributed by atoms with E-state index in [-0.39, 0.29) is 5.91 Å². The fraction of sp³-hybridized carbons (Fsp3) is 0.714. The van der Waals surface area contributed by atoms with E-state index in [1.165, 1.54) is 24.2 Å². The van der Waals surface area contributed by atoms with Crippen molar-refractivity contribution in [1.29, 1.82) is 0 Å². The Morgan fingerprint density at radius 1 is 1.47 bits per heavy atom. The van der Waals surface area contributed by atoms with Crippen LogP contribution in [0.2, 0.25) is 0 Å². The van der Waals surface area contributed by atoms with Crippen LogP contribution in [0.3, 0.4) is 0 Å². The highest BCUT2D eigenvalue weighted by molar-refractivity contribution is 7.07. The molecule has 1 N–H and O–H groups in total. The second-order valence-corrected chi connectivity index (χ2v) is 6.35. The number of thiazole rings is 1. The van der Waals surface area contributed by atoms with Gasteiger partial charge in [-0.15, -0.1) is 11.3 Å². The number of aromatic nitrogens is 1. The molecule has 1 aromatic rings. The second kappa shape index (κ2) is 5.59. The lowest BCUT2D eigenvalue weighted by atomic mass is 9.97. The summed E-state index contributed by atoms with van der Waals surface area (Å²) in [6.45, 7) is 2.98. The van der Waals surface area contributed by atoms with E-state index in [0.29, 0.717) is 23.8 Å². The first-order chi connectivity index (χ1) is 9.28. The van der Waals surface area contributed by atoms with Crippen LogP contribution in [0, 0.1) is 0 Å². The lowest BCUT2D eigenvalue weighted by molar-refractivity contribution is 0.0611. The Hall–Kier alpha value is -0.940. The lowest BCUT2D eigenvalue weighted by Crippen LogP contribution is -2.50. The highest BCUT2D eigenvalue weighted by Crippen LogP contribution is 2.30. The summed E-state index contributed by atoms with van der Waals surface area (Å²) in [5, 5.41) is 5.50. The third kappa shape index (κ3) is 2.67. The van der Waals surface area contributed by atoms with Crippen molar-refractivity contribution in [3.8, 4) is 0 Å². The molecule has 2 fully saturated rings. The average molecular weight is 279 g/mol. The van der Waals surface area contributed by atoms with Crippen molar-refractivity contribution in [2.45, 2.75) is 57.2 Å². The summed E-state index contributed by atoms with van der Waals surface area (Å²) in [6.07, 6.45) is 5.76. The maximum atomic E-state index is 12.6. The minimum Gasteiger partial charge on any atom is -0.334 e. The normalized spacial score (nSPS) is 29.4. The first kappa shape index (κ1) is 13.1.